The van der Waals surface area contributed by atoms with Crippen molar-refractivity contribution in [2.45, 2.75) is 19.3 Å². The van der Waals surface area contributed by atoms with Gasteiger partial charge in [-0.3, -0.25) is 0 Å². The molecule has 0 spiro atoms. The fraction of sp³-hybridized carbons (Fsp3) is 0.350. The van der Waals surface area contributed by atoms with E-state index in [-0.39, 0.29) is 0 Å². The van der Waals surface area contributed by atoms with E-state index in [4.69, 9.17) is 4.74 Å². The molecule has 0 atom stereocenters. The number of hydrogen-bond acceptors (Lipinski definition) is 4. The number of nitrogens with zero attached hydrogens (tertiary/aromatic N) is 3. The highest BCUT2D eigenvalue weighted by Gasteiger charge is 2.17. The maximum atomic E-state index is 5.49. The van der Waals surface area contributed by atoms with E-state index in [9.17, 15) is 0 Å². The fourth-order valence-electron chi connectivity index (χ4n) is 3.19. The van der Waals surface area contributed by atoms with Crippen molar-refractivity contribution in [3.05, 3.63) is 70.4 Å². The number of thioether (sulfide) groups is 1. The third kappa shape index (κ3) is 4.17. The van der Waals surface area contributed by atoms with Crippen LogP contribution in [-0.4, -0.2) is 41.0 Å². The molecule has 0 amide bonds. The molecule has 1 saturated heterocycles. The van der Waals surface area contributed by atoms with Gasteiger partial charge in [-0.2, -0.15) is 5.10 Å². The van der Waals surface area contributed by atoms with Gasteiger partial charge >= 0.3 is 0 Å². The van der Waals surface area contributed by atoms with Crippen molar-refractivity contribution in [3.63, 3.8) is 0 Å². The molecule has 0 saturated carbocycles. The van der Waals surface area contributed by atoms with Crippen LogP contribution in [0.4, 0.5) is 0 Å². The Labute approximate surface area is 153 Å². The molecule has 0 N–H and O–H groups in total. The van der Waals surface area contributed by atoms with Crippen molar-refractivity contribution in [2.24, 2.45) is 0 Å². The van der Waals surface area contributed by atoms with Gasteiger partial charge in [-0.25, -0.2) is 4.68 Å². The van der Waals surface area contributed by atoms with Crippen molar-refractivity contribution < 1.29 is 4.74 Å². The summed E-state index contributed by atoms with van der Waals surface area (Å²) in [5.41, 5.74) is 2.45. The van der Waals surface area contributed by atoms with Crippen LogP contribution in [0.2, 0.25) is 0 Å². The molecular weight excluding hydrogens is 330 g/mol. The Morgan fingerprint density at radius 1 is 1.08 bits per heavy atom. The number of rotatable bonds is 4. The fourth-order valence-corrected chi connectivity index (χ4v) is 4.41. The molecule has 1 fully saturated rings. The molecule has 130 valence electrons. The molecule has 1 aromatic heterocycles. The van der Waals surface area contributed by atoms with E-state index in [0.29, 0.717) is 0 Å². The summed E-state index contributed by atoms with van der Waals surface area (Å²) in [6.45, 7) is 3.67. The first-order valence-corrected chi connectivity index (χ1v) is 9.69. The van der Waals surface area contributed by atoms with E-state index in [1.165, 1.54) is 15.5 Å². The molecule has 2 aromatic rings. The molecule has 4 nitrogen and oxygen atoms in total. The van der Waals surface area contributed by atoms with Crippen molar-refractivity contribution in [1.82, 2.24) is 14.7 Å². The van der Waals surface area contributed by atoms with Gasteiger partial charge in [-0.15, -0.1) is 0 Å². The Balaban J connectivity index is 1.47. The summed E-state index contributed by atoms with van der Waals surface area (Å²) in [6, 6.07) is 10.6. The molecule has 2 aliphatic rings. The van der Waals surface area contributed by atoms with Gasteiger partial charge in [0.05, 0.1) is 23.9 Å². The van der Waals surface area contributed by atoms with Gasteiger partial charge in [0.15, 0.2) is 0 Å². The van der Waals surface area contributed by atoms with Crippen LogP contribution in [0, 0.1) is 0 Å². The third-order valence-corrected chi connectivity index (χ3v) is 5.68. The first kappa shape index (κ1) is 16.5. The molecule has 5 heteroatoms. The predicted molar refractivity (Wildman–Crippen MR) is 103 cm³/mol. The lowest BCUT2D eigenvalue weighted by Crippen LogP contribution is -2.34. The summed E-state index contributed by atoms with van der Waals surface area (Å²) in [4.78, 5) is 3.90. The molecule has 4 rings (SSSR count). The Bertz CT molecular complexity index is 761. The first-order valence-electron chi connectivity index (χ1n) is 8.87. The molecule has 0 unspecified atom stereocenters. The first-order chi connectivity index (χ1) is 12.4. The summed E-state index contributed by atoms with van der Waals surface area (Å²) in [7, 11) is 0. The quantitative estimate of drug-likeness (QED) is 0.831. The number of ether oxygens (including phenoxy) is 1. The van der Waals surface area contributed by atoms with E-state index in [2.05, 4.69) is 46.4 Å². The summed E-state index contributed by atoms with van der Waals surface area (Å²) >= 11 is 1.93. The molecule has 25 heavy (non-hydrogen) atoms. The Kier molecular flexibility index (Phi) is 5.23. The molecule has 0 bridgehead atoms. The smallest absolute Gasteiger partial charge is 0.0713 e. The van der Waals surface area contributed by atoms with Crippen LogP contribution in [0.1, 0.15) is 18.4 Å². The van der Waals surface area contributed by atoms with Crippen molar-refractivity contribution in [3.8, 4) is 5.69 Å². The second kappa shape index (κ2) is 7.93. The topological polar surface area (TPSA) is 30.3 Å². The normalized spacial score (nSPS) is 18.5. The minimum atomic E-state index is 0.836. The van der Waals surface area contributed by atoms with Crippen LogP contribution >= 0.6 is 11.8 Å². The van der Waals surface area contributed by atoms with E-state index >= 15 is 0 Å². The van der Waals surface area contributed by atoms with Crippen LogP contribution < -0.4 is 0 Å². The van der Waals surface area contributed by atoms with E-state index in [1.807, 2.05) is 34.9 Å². The van der Waals surface area contributed by atoms with Crippen LogP contribution in [0.15, 0.2) is 64.8 Å². The molecule has 2 aliphatic heterocycles. The predicted octanol–water partition coefficient (Wildman–Crippen LogP) is 4.00. The summed E-state index contributed by atoms with van der Waals surface area (Å²) in [5, 5.41) is 5.73. The van der Waals surface area contributed by atoms with Crippen molar-refractivity contribution in [1.29, 1.82) is 0 Å². The Hall–Kier alpha value is -1.98. The molecular formula is C20H23N3OS. The molecule has 3 heterocycles. The minimum Gasteiger partial charge on any atom is -0.378 e. The lowest BCUT2D eigenvalue weighted by molar-refractivity contribution is 0.0575. The Morgan fingerprint density at radius 3 is 2.80 bits per heavy atom. The zero-order chi connectivity index (χ0) is 16.9. The monoisotopic (exact) mass is 353 g/mol. The van der Waals surface area contributed by atoms with Crippen LogP contribution in [-0.2, 0) is 11.2 Å². The summed E-state index contributed by atoms with van der Waals surface area (Å²) in [6.07, 6.45) is 11.8. The molecule has 0 radical (unpaired) electrons. The second-order valence-corrected chi connectivity index (χ2v) is 7.44. The number of morpholine rings is 1. The average Bonchev–Trinajstić information content (AvgIpc) is 3.10. The number of allylic oxidation sites excluding steroid dienone is 3. The van der Waals surface area contributed by atoms with Crippen LogP contribution in [0.25, 0.3) is 5.69 Å². The lowest BCUT2D eigenvalue weighted by atomic mass is 10.1. The Morgan fingerprint density at radius 2 is 1.96 bits per heavy atom. The lowest BCUT2D eigenvalue weighted by Gasteiger charge is -2.30. The average molecular weight is 353 g/mol. The largest absolute Gasteiger partial charge is 0.378 e. The van der Waals surface area contributed by atoms with Crippen molar-refractivity contribution in [2.75, 3.05) is 26.3 Å². The highest BCUT2D eigenvalue weighted by molar-refractivity contribution is 8.06. The van der Waals surface area contributed by atoms with Crippen LogP contribution in [0.3, 0.4) is 0 Å². The van der Waals surface area contributed by atoms with Gasteiger partial charge in [-0.05, 0) is 41.5 Å². The zero-order valence-electron chi connectivity index (χ0n) is 14.3. The standard InChI is InChI=1S/C20H23N3OS/c1-2-8-20(22-11-13-24-14-12-22)25-19(7-1)16-17-5-3-6-18(15-17)23-10-4-9-21-23/h3-10,15H,1-2,11-14,16H2. The van der Waals surface area contributed by atoms with E-state index in [1.54, 1.807) is 0 Å². The van der Waals surface area contributed by atoms with Crippen molar-refractivity contribution >= 4 is 11.8 Å². The van der Waals surface area contributed by atoms with E-state index < -0.39 is 0 Å². The van der Waals surface area contributed by atoms with Gasteiger partial charge in [0, 0.05) is 31.9 Å². The summed E-state index contributed by atoms with van der Waals surface area (Å²) < 4.78 is 7.41. The summed E-state index contributed by atoms with van der Waals surface area (Å²) in [5.74, 6) is 0. The van der Waals surface area contributed by atoms with Gasteiger partial charge in [0.1, 0.15) is 0 Å². The van der Waals surface area contributed by atoms with Gasteiger partial charge in [0.25, 0.3) is 0 Å². The maximum absolute atomic E-state index is 5.49. The maximum Gasteiger partial charge on any atom is 0.0713 e. The zero-order valence-corrected chi connectivity index (χ0v) is 15.1. The third-order valence-electron chi connectivity index (χ3n) is 4.47. The second-order valence-electron chi connectivity index (χ2n) is 6.29. The molecule has 0 aliphatic carbocycles. The van der Waals surface area contributed by atoms with E-state index in [0.717, 1.165) is 51.3 Å². The highest BCUT2D eigenvalue weighted by Crippen LogP contribution is 2.34. The number of hydrogen-bond donors (Lipinski definition) is 0. The number of benzene rings is 1. The highest BCUT2D eigenvalue weighted by atomic mass is 32.2. The minimum absolute atomic E-state index is 0.836. The SMILES string of the molecule is C1=C(Cc2cccc(-n3cccn3)c2)SC(N2CCOCC2)=CCC1. The molecule has 1 aromatic carbocycles. The van der Waals surface area contributed by atoms with Gasteiger partial charge in [0.2, 0.25) is 0 Å². The van der Waals surface area contributed by atoms with Gasteiger partial charge in [-0.1, -0.05) is 36.0 Å². The van der Waals surface area contributed by atoms with Crippen LogP contribution in [0.5, 0.6) is 0 Å². The number of aromatic nitrogens is 2. The van der Waals surface area contributed by atoms with Gasteiger partial charge < -0.3 is 9.64 Å².